The topological polar surface area (TPSA) is 79.2 Å². The molecule has 0 aliphatic heterocycles. The van der Waals surface area contributed by atoms with Crippen LogP contribution in [0.5, 0.6) is 0 Å². The molecule has 0 radical (unpaired) electrons. The molecule has 1 amide bonds. The number of nitrogens with one attached hydrogen (secondary N) is 1. The van der Waals surface area contributed by atoms with Gasteiger partial charge in [-0.15, -0.1) is 0 Å². The molecular formula is C18H12Cl2N2O3. The lowest BCUT2D eigenvalue weighted by atomic mass is 10.1. The smallest absolute Gasteiger partial charge is 0.331 e. The largest absolute Gasteiger partial charge is 0.452 e. The Morgan fingerprint density at radius 2 is 1.76 bits per heavy atom. The van der Waals surface area contributed by atoms with Gasteiger partial charge >= 0.3 is 5.97 Å². The fourth-order valence-corrected chi connectivity index (χ4v) is 2.30. The van der Waals surface area contributed by atoms with Gasteiger partial charge in [0.25, 0.3) is 5.91 Å². The van der Waals surface area contributed by atoms with Crippen molar-refractivity contribution in [2.24, 2.45) is 0 Å². The Hall–Kier alpha value is -2.81. The third kappa shape index (κ3) is 5.64. The number of carbonyl (C=O) groups is 2. The number of rotatable bonds is 5. The Bertz CT molecular complexity index is 835. The van der Waals surface area contributed by atoms with Crippen LogP contribution < -0.4 is 5.32 Å². The summed E-state index contributed by atoms with van der Waals surface area (Å²) in [4.78, 5) is 23.4. The Balaban J connectivity index is 1.85. The Morgan fingerprint density at radius 3 is 2.36 bits per heavy atom. The van der Waals surface area contributed by atoms with Crippen molar-refractivity contribution < 1.29 is 14.3 Å². The zero-order valence-corrected chi connectivity index (χ0v) is 14.3. The number of hydrogen-bond acceptors (Lipinski definition) is 4. The van der Waals surface area contributed by atoms with E-state index in [1.807, 2.05) is 6.07 Å². The molecule has 0 heterocycles. The molecule has 7 heteroatoms. The molecule has 2 aromatic carbocycles. The highest BCUT2D eigenvalue weighted by atomic mass is 35.5. The number of anilines is 1. The van der Waals surface area contributed by atoms with Crippen molar-refractivity contribution >= 4 is 46.8 Å². The van der Waals surface area contributed by atoms with Gasteiger partial charge in [0, 0.05) is 6.08 Å². The van der Waals surface area contributed by atoms with Crippen LogP contribution in [0.3, 0.4) is 0 Å². The first-order valence-corrected chi connectivity index (χ1v) is 7.84. The summed E-state index contributed by atoms with van der Waals surface area (Å²) in [5.41, 5.74) is 1.51. The second-order valence-corrected chi connectivity index (χ2v) is 5.63. The van der Waals surface area contributed by atoms with Gasteiger partial charge in [0.2, 0.25) is 0 Å². The van der Waals surface area contributed by atoms with E-state index in [-0.39, 0.29) is 15.7 Å². The van der Waals surface area contributed by atoms with Gasteiger partial charge in [-0.3, -0.25) is 4.79 Å². The highest BCUT2D eigenvalue weighted by Gasteiger charge is 2.11. The zero-order valence-electron chi connectivity index (χ0n) is 12.8. The second-order valence-electron chi connectivity index (χ2n) is 4.82. The summed E-state index contributed by atoms with van der Waals surface area (Å²) in [6.07, 6.45) is 2.71. The molecule has 2 rings (SSSR count). The second kappa shape index (κ2) is 8.88. The number of nitriles is 1. The van der Waals surface area contributed by atoms with Gasteiger partial charge in [0.1, 0.15) is 0 Å². The molecule has 0 atom stereocenters. The first kappa shape index (κ1) is 18.5. The van der Waals surface area contributed by atoms with E-state index in [2.05, 4.69) is 5.32 Å². The minimum Gasteiger partial charge on any atom is -0.452 e. The number of benzene rings is 2. The molecule has 5 nitrogen and oxygen atoms in total. The van der Waals surface area contributed by atoms with E-state index in [4.69, 9.17) is 33.2 Å². The van der Waals surface area contributed by atoms with Crippen LogP contribution in [0.2, 0.25) is 10.0 Å². The number of hydrogen-bond donors (Lipinski definition) is 1. The van der Waals surface area contributed by atoms with Crippen LogP contribution in [-0.2, 0) is 14.3 Å². The molecule has 0 unspecified atom stereocenters. The first-order valence-electron chi connectivity index (χ1n) is 7.08. The molecule has 0 saturated carbocycles. The van der Waals surface area contributed by atoms with Gasteiger partial charge in [-0.2, -0.15) is 5.26 Å². The van der Waals surface area contributed by atoms with Crippen LogP contribution in [0.4, 0.5) is 5.69 Å². The van der Waals surface area contributed by atoms with E-state index >= 15 is 0 Å². The van der Waals surface area contributed by atoms with Gasteiger partial charge < -0.3 is 10.1 Å². The van der Waals surface area contributed by atoms with Crippen LogP contribution >= 0.6 is 23.2 Å². The number of ether oxygens (including phenoxy) is 1. The molecule has 126 valence electrons. The maximum absolute atomic E-state index is 11.8. The number of esters is 1. The summed E-state index contributed by atoms with van der Waals surface area (Å²) in [5.74, 6) is -1.24. The van der Waals surface area contributed by atoms with Crippen molar-refractivity contribution in [1.29, 1.82) is 5.26 Å². The minimum absolute atomic E-state index is 0.264. The average Bonchev–Trinajstić information content (AvgIpc) is 2.62. The lowest BCUT2D eigenvalue weighted by molar-refractivity contribution is -0.142. The van der Waals surface area contributed by atoms with Crippen LogP contribution in [0.1, 0.15) is 11.1 Å². The van der Waals surface area contributed by atoms with Crippen LogP contribution in [0, 0.1) is 11.3 Å². The normalized spacial score (nSPS) is 10.3. The monoisotopic (exact) mass is 374 g/mol. The van der Waals surface area contributed by atoms with E-state index in [1.165, 1.54) is 12.2 Å². The molecule has 0 bridgehead atoms. The van der Waals surface area contributed by atoms with E-state index < -0.39 is 18.5 Å². The molecule has 0 spiro atoms. The van der Waals surface area contributed by atoms with Crippen molar-refractivity contribution in [3.05, 3.63) is 69.7 Å². The lowest BCUT2D eigenvalue weighted by Crippen LogP contribution is -2.20. The van der Waals surface area contributed by atoms with Gasteiger partial charge in [-0.1, -0.05) is 41.4 Å². The fourth-order valence-electron chi connectivity index (χ4n) is 1.81. The van der Waals surface area contributed by atoms with Gasteiger partial charge in [-0.25, -0.2) is 4.79 Å². The molecule has 0 fully saturated rings. The summed E-state index contributed by atoms with van der Waals surface area (Å²) in [6.45, 7) is -0.474. The molecule has 0 aromatic heterocycles. The zero-order chi connectivity index (χ0) is 18.2. The standard InChI is InChI=1S/C18H12Cl2N2O3/c19-14-2-1-3-15(20)18(14)22-16(23)11-25-17(24)9-8-12-4-6-13(10-21)7-5-12/h1-9H,11H2,(H,22,23)/b9-8+. The molecule has 0 saturated heterocycles. The van der Waals surface area contributed by atoms with Crippen molar-refractivity contribution in [3.8, 4) is 6.07 Å². The molecule has 0 aliphatic carbocycles. The molecule has 1 N–H and O–H groups in total. The highest BCUT2D eigenvalue weighted by Crippen LogP contribution is 2.29. The van der Waals surface area contributed by atoms with Crippen LogP contribution in [-0.4, -0.2) is 18.5 Å². The quantitative estimate of drug-likeness (QED) is 0.631. The third-order valence-corrected chi connectivity index (χ3v) is 3.65. The van der Waals surface area contributed by atoms with Gasteiger partial charge in [0.15, 0.2) is 6.61 Å². The highest BCUT2D eigenvalue weighted by molar-refractivity contribution is 6.39. The van der Waals surface area contributed by atoms with E-state index in [1.54, 1.807) is 42.5 Å². The predicted molar refractivity (Wildman–Crippen MR) is 96.2 cm³/mol. The van der Waals surface area contributed by atoms with Crippen molar-refractivity contribution in [2.45, 2.75) is 0 Å². The molecule has 2 aromatic rings. The number of para-hydroxylation sites is 1. The summed E-state index contributed by atoms with van der Waals surface area (Å²) in [6, 6.07) is 13.4. The molecule has 25 heavy (non-hydrogen) atoms. The minimum atomic E-state index is -0.676. The number of carbonyl (C=O) groups excluding carboxylic acids is 2. The van der Waals surface area contributed by atoms with Crippen LogP contribution in [0.25, 0.3) is 6.08 Å². The van der Waals surface area contributed by atoms with Crippen molar-refractivity contribution in [3.63, 3.8) is 0 Å². The Morgan fingerprint density at radius 1 is 1.12 bits per heavy atom. The summed E-state index contributed by atoms with van der Waals surface area (Å²) in [5, 5.41) is 11.8. The SMILES string of the molecule is N#Cc1ccc(/C=C/C(=O)OCC(=O)Nc2c(Cl)cccc2Cl)cc1. The maximum Gasteiger partial charge on any atom is 0.331 e. The number of nitrogens with zero attached hydrogens (tertiary/aromatic N) is 1. The summed E-state index contributed by atoms with van der Waals surface area (Å²) in [7, 11) is 0. The van der Waals surface area contributed by atoms with Crippen LogP contribution in [0.15, 0.2) is 48.5 Å². The molecular weight excluding hydrogens is 363 g/mol. The summed E-state index contributed by atoms with van der Waals surface area (Å²) < 4.78 is 4.85. The fraction of sp³-hybridized carbons (Fsp3) is 0.0556. The van der Waals surface area contributed by atoms with E-state index in [9.17, 15) is 9.59 Å². The van der Waals surface area contributed by atoms with E-state index in [0.717, 1.165) is 5.56 Å². The average molecular weight is 375 g/mol. The maximum atomic E-state index is 11.8. The predicted octanol–water partition coefficient (Wildman–Crippen LogP) is 4.06. The third-order valence-electron chi connectivity index (χ3n) is 3.02. The Labute approximate surface area is 154 Å². The lowest BCUT2D eigenvalue weighted by Gasteiger charge is -2.08. The molecule has 0 aliphatic rings. The van der Waals surface area contributed by atoms with Crippen molar-refractivity contribution in [1.82, 2.24) is 0 Å². The first-order chi connectivity index (χ1) is 12.0. The van der Waals surface area contributed by atoms with E-state index in [0.29, 0.717) is 5.56 Å². The number of halogens is 2. The summed E-state index contributed by atoms with van der Waals surface area (Å²) >= 11 is 11.9. The van der Waals surface area contributed by atoms with Gasteiger partial charge in [-0.05, 0) is 35.9 Å². The Kier molecular flexibility index (Phi) is 6.58. The van der Waals surface area contributed by atoms with Crippen molar-refractivity contribution in [2.75, 3.05) is 11.9 Å². The van der Waals surface area contributed by atoms with Gasteiger partial charge in [0.05, 0.1) is 27.4 Å². The number of amides is 1.